The molecule has 5 nitrogen and oxygen atoms in total. The molecule has 6 heteroatoms. The highest BCUT2D eigenvalue weighted by Crippen LogP contribution is 2.26. The van der Waals surface area contributed by atoms with Gasteiger partial charge >= 0.3 is 0 Å². The Morgan fingerprint density at radius 1 is 1.59 bits per heavy atom. The quantitative estimate of drug-likeness (QED) is 0.618. The molecule has 0 fully saturated rings. The van der Waals surface area contributed by atoms with Gasteiger partial charge in [0.25, 0.3) is 0 Å². The SMILES string of the molecule is CCc1ccsc1C(Cc1ncnn1C)NN. The van der Waals surface area contributed by atoms with E-state index >= 15 is 0 Å². The van der Waals surface area contributed by atoms with Gasteiger partial charge < -0.3 is 0 Å². The highest BCUT2D eigenvalue weighted by Gasteiger charge is 2.17. The standard InChI is InChI=1S/C11H17N5S/c1-3-8-4-5-17-11(8)9(15-12)6-10-13-7-14-16(10)2/h4-5,7,9,15H,3,6,12H2,1-2H3. The Bertz CT molecular complexity index is 476. The summed E-state index contributed by atoms with van der Waals surface area (Å²) in [6.45, 7) is 2.15. The summed E-state index contributed by atoms with van der Waals surface area (Å²) in [5, 5.41) is 6.17. The number of nitrogens with two attached hydrogens (primary N) is 1. The lowest BCUT2D eigenvalue weighted by Crippen LogP contribution is -2.30. The Hall–Kier alpha value is -1.24. The van der Waals surface area contributed by atoms with Crippen molar-refractivity contribution in [1.29, 1.82) is 0 Å². The molecule has 17 heavy (non-hydrogen) atoms. The molecule has 2 rings (SSSR count). The van der Waals surface area contributed by atoms with Crippen molar-refractivity contribution < 1.29 is 0 Å². The lowest BCUT2D eigenvalue weighted by Gasteiger charge is -2.15. The van der Waals surface area contributed by atoms with E-state index in [0.717, 1.165) is 18.7 Å². The molecule has 0 aromatic carbocycles. The molecule has 92 valence electrons. The van der Waals surface area contributed by atoms with Gasteiger partial charge in [0, 0.05) is 18.3 Å². The molecule has 0 radical (unpaired) electrons. The second kappa shape index (κ2) is 5.39. The average molecular weight is 251 g/mol. The maximum atomic E-state index is 5.65. The third kappa shape index (κ3) is 2.54. The van der Waals surface area contributed by atoms with Crippen molar-refractivity contribution >= 4 is 11.3 Å². The van der Waals surface area contributed by atoms with Gasteiger partial charge in [-0.25, -0.2) is 4.98 Å². The molecule has 1 atom stereocenters. The van der Waals surface area contributed by atoms with Crippen LogP contribution in [0.15, 0.2) is 17.8 Å². The number of thiophene rings is 1. The van der Waals surface area contributed by atoms with Gasteiger partial charge in [0.15, 0.2) is 0 Å². The molecule has 0 saturated heterocycles. The van der Waals surface area contributed by atoms with Crippen molar-refractivity contribution in [1.82, 2.24) is 20.2 Å². The Kier molecular flexibility index (Phi) is 3.88. The van der Waals surface area contributed by atoms with Gasteiger partial charge in [-0.1, -0.05) is 6.92 Å². The van der Waals surface area contributed by atoms with Crippen LogP contribution in [0.4, 0.5) is 0 Å². The minimum absolute atomic E-state index is 0.104. The van der Waals surface area contributed by atoms with E-state index in [0.29, 0.717) is 0 Å². The first kappa shape index (κ1) is 12.2. The topological polar surface area (TPSA) is 68.8 Å². The van der Waals surface area contributed by atoms with Crippen LogP contribution in [0.2, 0.25) is 0 Å². The summed E-state index contributed by atoms with van der Waals surface area (Å²) in [7, 11) is 1.89. The number of nitrogens with one attached hydrogen (secondary N) is 1. The monoisotopic (exact) mass is 251 g/mol. The first-order chi connectivity index (χ1) is 8.26. The van der Waals surface area contributed by atoms with Crippen LogP contribution in [-0.4, -0.2) is 14.8 Å². The van der Waals surface area contributed by atoms with E-state index in [1.807, 2.05) is 7.05 Å². The van der Waals surface area contributed by atoms with Crippen LogP contribution in [0.1, 0.15) is 29.2 Å². The minimum atomic E-state index is 0.104. The smallest absolute Gasteiger partial charge is 0.138 e. The van der Waals surface area contributed by atoms with E-state index in [4.69, 9.17) is 5.84 Å². The van der Waals surface area contributed by atoms with Gasteiger partial charge in [-0.2, -0.15) is 5.10 Å². The second-order valence-corrected chi connectivity index (χ2v) is 4.83. The van der Waals surface area contributed by atoms with Crippen LogP contribution in [0.25, 0.3) is 0 Å². The number of hydrogen-bond acceptors (Lipinski definition) is 5. The summed E-state index contributed by atoms with van der Waals surface area (Å²) < 4.78 is 1.78. The molecule has 0 spiro atoms. The normalized spacial score (nSPS) is 12.9. The highest BCUT2D eigenvalue weighted by molar-refractivity contribution is 7.10. The summed E-state index contributed by atoms with van der Waals surface area (Å²) in [4.78, 5) is 5.52. The van der Waals surface area contributed by atoms with Crippen LogP contribution >= 0.6 is 11.3 Å². The fraction of sp³-hybridized carbons (Fsp3) is 0.455. The number of aromatic nitrogens is 3. The molecule has 0 aliphatic carbocycles. The lowest BCUT2D eigenvalue weighted by atomic mass is 10.1. The minimum Gasteiger partial charge on any atom is -0.271 e. The van der Waals surface area contributed by atoms with Crippen molar-refractivity contribution in [3.63, 3.8) is 0 Å². The second-order valence-electron chi connectivity index (χ2n) is 3.89. The maximum Gasteiger partial charge on any atom is 0.138 e. The van der Waals surface area contributed by atoms with E-state index in [1.165, 1.54) is 10.4 Å². The fourth-order valence-corrected chi connectivity index (χ4v) is 2.92. The summed E-state index contributed by atoms with van der Waals surface area (Å²) >= 11 is 1.73. The van der Waals surface area contributed by atoms with Crippen LogP contribution in [-0.2, 0) is 19.9 Å². The van der Waals surface area contributed by atoms with Crippen molar-refractivity contribution in [3.8, 4) is 0 Å². The summed E-state index contributed by atoms with van der Waals surface area (Å²) in [6, 6.07) is 2.26. The lowest BCUT2D eigenvalue weighted by molar-refractivity contribution is 0.527. The van der Waals surface area contributed by atoms with Crippen molar-refractivity contribution in [3.05, 3.63) is 34.0 Å². The van der Waals surface area contributed by atoms with Crippen LogP contribution < -0.4 is 11.3 Å². The largest absolute Gasteiger partial charge is 0.271 e. The average Bonchev–Trinajstić information content (AvgIpc) is 2.95. The third-order valence-corrected chi connectivity index (χ3v) is 3.94. The molecule has 0 aliphatic heterocycles. The molecule has 2 aromatic heterocycles. The zero-order valence-corrected chi connectivity index (χ0v) is 10.9. The van der Waals surface area contributed by atoms with Gasteiger partial charge in [-0.3, -0.25) is 16.0 Å². The van der Waals surface area contributed by atoms with E-state index in [-0.39, 0.29) is 6.04 Å². The molecular formula is C11H17N5S. The third-order valence-electron chi connectivity index (χ3n) is 2.87. The summed E-state index contributed by atoms with van der Waals surface area (Å²) in [6.07, 6.45) is 3.34. The molecule has 0 bridgehead atoms. The van der Waals surface area contributed by atoms with Crippen LogP contribution in [0, 0.1) is 0 Å². The van der Waals surface area contributed by atoms with Gasteiger partial charge in [0.2, 0.25) is 0 Å². The molecule has 2 aromatic rings. The van der Waals surface area contributed by atoms with Crippen molar-refractivity contribution in [2.24, 2.45) is 12.9 Å². The number of rotatable bonds is 5. The number of aryl methyl sites for hydroxylation is 2. The Morgan fingerprint density at radius 2 is 2.41 bits per heavy atom. The number of hydrazine groups is 1. The van der Waals surface area contributed by atoms with Gasteiger partial charge in [-0.15, -0.1) is 11.3 Å². The molecule has 0 saturated carbocycles. The first-order valence-corrected chi connectivity index (χ1v) is 6.49. The van der Waals surface area contributed by atoms with Gasteiger partial charge in [-0.05, 0) is 23.4 Å². The fourth-order valence-electron chi connectivity index (χ4n) is 1.86. The predicted molar refractivity (Wildman–Crippen MR) is 68.5 cm³/mol. The molecule has 0 aliphatic rings. The van der Waals surface area contributed by atoms with Crippen LogP contribution in [0.3, 0.4) is 0 Å². The zero-order valence-electron chi connectivity index (χ0n) is 10.1. The van der Waals surface area contributed by atoms with Gasteiger partial charge in [0.05, 0.1) is 6.04 Å². The van der Waals surface area contributed by atoms with Crippen LogP contribution in [0.5, 0.6) is 0 Å². The number of nitrogens with zero attached hydrogens (tertiary/aromatic N) is 3. The highest BCUT2D eigenvalue weighted by atomic mass is 32.1. The van der Waals surface area contributed by atoms with Crippen molar-refractivity contribution in [2.45, 2.75) is 25.8 Å². The van der Waals surface area contributed by atoms with E-state index in [9.17, 15) is 0 Å². The molecule has 0 amide bonds. The summed E-state index contributed by atoms with van der Waals surface area (Å²) in [5.41, 5.74) is 4.22. The summed E-state index contributed by atoms with van der Waals surface area (Å²) in [5.74, 6) is 6.59. The Labute approximate surface area is 105 Å². The zero-order chi connectivity index (χ0) is 12.3. The van der Waals surface area contributed by atoms with E-state index < -0.39 is 0 Å². The van der Waals surface area contributed by atoms with Crippen molar-refractivity contribution in [2.75, 3.05) is 0 Å². The molecular weight excluding hydrogens is 234 g/mol. The maximum absolute atomic E-state index is 5.65. The predicted octanol–water partition coefficient (Wildman–Crippen LogP) is 1.19. The molecule has 3 N–H and O–H groups in total. The Balaban J connectivity index is 2.20. The number of hydrogen-bond donors (Lipinski definition) is 2. The Morgan fingerprint density at radius 3 is 3.00 bits per heavy atom. The van der Waals surface area contributed by atoms with Gasteiger partial charge in [0.1, 0.15) is 12.2 Å². The van der Waals surface area contributed by atoms with E-state index in [1.54, 1.807) is 22.3 Å². The molecule has 1 unspecified atom stereocenters. The first-order valence-electron chi connectivity index (χ1n) is 5.61. The van der Waals surface area contributed by atoms with E-state index in [2.05, 4.69) is 33.9 Å². The molecule has 2 heterocycles.